The van der Waals surface area contributed by atoms with Gasteiger partial charge in [-0.1, -0.05) is 48.5 Å². The van der Waals surface area contributed by atoms with Gasteiger partial charge in [0.2, 0.25) is 0 Å². The van der Waals surface area contributed by atoms with E-state index in [1.54, 1.807) is 81.7 Å². The number of aryl methyl sites for hydroxylation is 1. The van der Waals surface area contributed by atoms with Crippen molar-refractivity contribution < 1.29 is 106 Å². The number of nitrogens with two attached hydrogens (primary N) is 2. The van der Waals surface area contributed by atoms with Gasteiger partial charge < -0.3 is 60.0 Å². The number of nitro groups is 3. The fourth-order valence-electron chi connectivity index (χ4n) is 16.3. The number of nitrogens with one attached hydrogen (secondary N) is 1. The molecule has 0 spiro atoms. The second-order valence-corrected chi connectivity index (χ2v) is 44.2. The van der Waals surface area contributed by atoms with E-state index < -0.39 is 114 Å². The van der Waals surface area contributed by atoms with E-state index in [4.69, 9.17) is 54.9 Å². The number of rotatable bonds is 11. The fourth-order valence-corrected chi connectivity index (χ4v) is 16.3. The molecule has 7 saturated heterocycles. The average Bonchev–Trinajstić information content (AvgIpc) is 0.815. The monoisotopic (exact) mass is 2020 g/mol. The maximum Gasteiger partial charge on any atom is 0.411 e. The molecule has 4 aromatic heterocycles. The van der Waals surface area contributed by atoms with Gasteiger partial charge in [-0.3, -0.25) is 93.9 Å². The molecule has 7 amide bonds. The highest BCUT2D eigenvalue weighted by Crippen LogP contribution is 2.38. The van der Waals surface area contributed by atoms with Crippen LogP contribution in [0.2, 0.25) is 0 Å². The number of Topliss-reactive ketones (excluding diaryl/α,β-unsaturated/α-hetero) is 1. The maximum atomic E-state index is 12.5. The molecule has 802 valence electrons. The summed E-state index contributed by atoms with van der Waals surface area (Å²) < 4.78 is 33.0. The van der Waals surface area contributed by atoms with Crippen molar-refractivity contribution in [1.29, 1.82) is 0 Å². The minimum Gasteiger partial charge on any atom is -0.480 e. The molecule has 11 heterocycles. The van der Waals surface area contributed by atoms with Crippen LogP contribution in [0.4, 0.5) is 57.2 Å². The Hall–Kier alpha value is -12.2. The first kappa shape index (κ1) is 123. The third-order valence-electron chi connectivity index (χ3n) is 23.4. The summed E-state index contributed by atoms with van der Waals surface area (Å²) in [5.74, 6) is 0.992. The highest BCUT2D eigenvalue weighted by atomic mass is 16.7. The van der Waals surface area contributed by atoms with Crippen LogP contribution in [0.3, 0.4) is 0 Å². The number of carboxylic acid groups (broad SMARTS) is 2. The molecule has 4 aromatic rings. The van der Waals surface area contributed by atoms with Crippen molar-refractivity contribution in [3.05, 3.63) is 125 Å². The van der Waals surface area contributed by atoms with Gasteiger partial charge in [-0.2, -0.15) is 0 Å². The second-order valence-electron chi connectivity index (χ2n) is 44.2. The van der Waals surface area contributed by atoms with Gasteiger partial charge in [0.25, 0.3) is 17.3 Å². The lowest BCUT2D eigenvalue weighted by Gasteiger charge is -2.39. The number of pyridine rings is 4. The Balaban J connectivity index is 0.000000342. The Labute approximate surface area is 841 Å². The van der Waals surface area contributed by atoms with Crippen LogP contribution >= 0.6 is 0 Å². The summed E-state index contributed by atoms with van der Waals surface area (Å²) in [5.41, 5.74) is 9.75. The summed E-state index contributed by atoms with van der Waals surface area (Å²) in [7, 11) is 4.19. The third kappa shape index (κ3) is 43.1. The predicted molar refractivity (Wildman–Crippen MR) is 537 cm³/mol. The van der Waals surface area contributed by atoms with Crippen molar-refractivity contribution in [2.24, 2.45) is 48.5 Å². The van der Waals surface area contributed by atoms with E-state index in [0.29, 0.717) is 118 Å². The molecule has 0 saturated carbocycles. The number of aliphatic carboxylic acids is 2. The zero-order valence-corrected chi connectivity index (χ0v) is 89.4. The van der Waals surface area contributed by atoms with Gasteiger partial charge in [0.05, 0.1) is 87.1 Å². The summed E-state index contributed by atoms with van der Waals surface area (Å²) in [6.07, 6.45) is 15.1. The van der Waals surface area contributed by atoms with Crippen molar-refractivity contribution in [2.75, 3.05) is 71.4 Å². The molecule has 143 heavy (non-hydrogen) atoms. The largest absolute Gasteiger partial charge is 0.480 e. The number of nitrogens with zero attached hydrogens (tertiary/aromatic N) is 14. The molecule has 0 bridgehead atoms. The highest BCUT2D eigenvalue weighted by molar-refractivity contribution is 5.86. The molecule has 7 aliphatic rings. The Morgan fingerprint density at radius 2 is 0.699 bits per heavy atom. The lowest BCUT2D eigenvalue weighted by Crippen LogP contribution is -2.54. The minimum atomic E-state index is -0.956. The molecule has 0 aliphatic carbocycles. The number of carbonyl (C=O) groups is 10. The lowest BCUT2D eigenvalue weighted by molar-refractivity contribution is -0.395. The molecule has 7 N–H and O–H groups in total. The Kier molecular flexibility index (Phi) is 46.9. The number of carbonyl (C=O) groups excluding carboxylic acids is 8. The number of ether oxygens (including phenoxy) is 6. The fraction of sp³-hybridized carbons (Fsp3) is 0.700. The van der Waals surface area contributed by atoms with Crippen LogP contribution < -0.4 is 22.3 Å². The summed E-state index contributed by atoms with van der Waals surface area (Å²) in [5, 5.41) is 54.2. The van der Waals surface area contributed by atoms with Crippen molar-refractivity contribution in [3.8, 4) is 0 Å². The molecule has 0 radical (unpaired) electrons. The topological polar surface area (TPSA) is 553 Å². The van der Waals surface area contributed by atoms with Crippen LogP contribution in [0, 0.1) is 71.8 Å². The SMILES string of the molecule is CC(=O)[C@@H]1CC[C@@H](C)CN1C(=O)OC(C)(C)C.CON(C)C(=O)[C@@H]1CC[C@@H](C)CN1C(=O)OC(C)(C)C.C[C@@H]1CC[C@@H](C(=O)O)N(C(=O)OC(C)(C)C)C1.C[C@@H]1CC[C@@H](C(=O)O)N(C(=O)OC(C)(C)C)C1.C[C@@H]1CC[C@@H](c2ccc(N)cn2)N(C(=O)OC(C)(C)C)C1.C[C@@H]1CC[C@@H](c2ccc(N)cn2)NC1.C[C@@H]1CC[C@@H](c2ccc([N+](=O)[O-])cn2)N(C(=O)OC(C)(C)C)C1.Cn1cc([N+](=O)[O-])cc([N+](=O)[O-])c1=O. The number of piperidine rings is 7. The van der Waals surface area contributed by atoms with Gasteiger partial charge in [0.15, 0.2) is 5.78 Å². The summed E-state index contributed by atoms with van der Waals surface area (Å²) in [6.45, 7) is 53.4. The van der Waals surface area contributed by atoms with Crippen LogP contribution in [0.1, 0.15) is 305 Å². The molecular formula is C100H161N17O26. The van der Waals surface area contributed by atoms with Crippen molar-refractivity contribution in [2.45, 2.75) is 346 Å². The van der Waals surface area contributed by atoms with Crippen LogP contribution in [-0.4, -0.2) is 257 Å². The molecule has 0 unspecified atom stereocenters. The van der Waals surface area contributed by atoms with Crippen molar-refractivity contribution >= 4 is 88.6 Å². The standard InChI is InChI=1S/C16H23N3O4.C16H25N3O2.C14H26N2O4.C13H23NO3.2C12H21NO4.C11H17N3.C6H5N3O5/c1-11-5-8-14(13-7-6-12(9-17-13)19(21)22)18(10-11)15(20)23-16(2,3)4;1-11-5-8-14(13-7-6-12(17)9-18-13)19(10-11)15(20)21-16(2,3)4;1-10-7-8-11(12(17)15(5)19-6)16(9-10)13(18)20-14(2,3)4;1-9-6-7-11(10(2)15)14(8-9)12(16)17-13(3,4)5;2*1-8-5-6-9(10(14)15)13(7-8)11(16)17-12(2,3)4;1-8-2-4-10(13-6-8)11-5-3-9(12)7-14-11;1-7-3-4(8(11)12)2-5(6(7)10)9(13)14/h6-7,9,11,14H,5,8,10H2,1-4H3;6-7,9,11,14H,5,8,10,17H2,1-4H3;10-11H,7-9H2,1-6H3;9,11H,6-8H2,1-5H3;2*8-9H,5-7H2,1-4H3,(H,14,15);3,5,7-8,10,13H,2,4,6,12H2,1H3;2-3H,1H3/t2*11-,14+;10-,11+;9-,11+;2*8-,9+;8-,10+;/m1111111./s1. The van der Waals surface area contributed by atoms with E-state index >= 15 is 0 Å². The van der Waals surface area contributed by atoms with Crippen LogP contribution in [-0.2, 0) is 59.5 Å². The smallest absolute Gasteiger partial charge is 0.411 e. The van der Waals surface area contributed by atoms with E-state index in [2.05, 4.69) is 54.9 Å². The number of anilines is 2. The summed E-state index contributed by atoms with van der Waals surface area (Å²) in [6, 6.07) is 9.22. The first-order chi connectivity index (χ1) is 65.9. The van der Waals surface area contributed by atoms with E-state index in [0.717, 1.165) is 103 Å². The molecule has 43 heteroatoms. The normalized spacial score (nSPS) is 22.9. The number of likely N-dealkylation sites (N-methyl/N-ethyl adjacent to an activating group) is 1. The molecule has 7 aliphatic heterocycles. The molecule has 0 aromatic carbocycles. The summed E-state index contributed by atoms with van der Waals surface area (Å²) in [4.78, 5) is 186. The maximum absolute atomic E-state index is 12.5. The van der Waals surface area contributed by atoms with Crippen molar-refractivity contribution in [3.63, 3.8) is 0 Å². The number of carboxylic acids is 2. The zero-order chi connectivity index (χ0) is 109. The van der Waals surface area contributed by atoms with Crippen LogP contribution in [0.5, 0.6) is 0 Å². The number of hydroxylamine groups is 2. The lowest BCUT2D eigenvalue weighted by atomic mass is 9.92. The Morgan fingerprint density at radius 1 is 0.406 bits per heavy atom. The molecule has 11 rings (SSSR count). The van der Waals surface area contributed by atoms with E-state index in [1.165, 1.54) is 60.9 Å². The number of hydrogen-bond donors (Lipinski definition) is 5. The van der Waals surface area contributed by atoms with Crippen LogP contribution in [0.15, 0.2) is 72.0 Å². The number of ketones is 1. The van der Waals surface area contributed by atoms with Crippen molar-refractivity contribution in [1.82, 2.24) is 59.3 Å². The molecule has 43 nitrogen and oxygen atoms in total. The minimum absolute atomic E-state index is 0.0309. The van der Waals surface area contributed by atoms with Gasteiger partial charge >= 0.3 is 59.7 Å². The number of aromatic nitrogens is 4. The highest BCUT2D eigenvalue weighted by Gasteiger charge is 2.44. The number of nitrogen functional groups attached to an aromatic ring is 2. The predicted octanol–water partition coefficient (Wildman–Crippen LogP) is 17.9. The number of hydrogen-bond acceptors (Lipinski definition) is 30. The second kappa shape index (κ2) is 54.5. The van der Waals surface area contributed by atoms with E-state index in [1.807, 2.05) is 121 Å². The van der Waals surface area contributed by atoms with Gasteiger partial charge in [-0.05, 0) is 300 Å². The summed E-state index contributed by atoms with van der Waals surface area (Å²) >= 11 is 0. The van der Waals surface area contributed by atoms with Gasteiger partial charge in [-0.15, -0.1) is 0 Å². The van der Waals surface area contributed by atoms with E-state index in [-0.39, 0.29) is 53.8 Å². The molecule has 14 atom stereocenters. The molecule has 7 fully saturated rings. The van der Waals surface area contributed by atoms with E-state index in [9.17, 15) is 83.1 Å². The first-order valence-corrected chi connectivity index (χ1v) is 48.9. The third-order valence-corrected chi connectivity index (χ3v) is 23.4. The Morgan fingerprint density at radius 3 is 0.986 bits per heavy atom. The Bertz CT molecular complexity index is 4770. The van der Waals surface area contributed by atoms with Gasteiger partial charge in [0, 0.05) is 65.5 Å². The van der Waals surface area contributed by atoms with Gasteiger partial charge in [0.1, 0.15) is 64.0 Å². The average molecular weight is 2020 g/mol. The van der Waals surface area contributed by atoms with Crippen LogP contribution in [0.25, 0.3) is 0 Å². The van der Waals surface area contributed by atoms with Gasteiger partial charge in [-0.25, -0.2) is 43.4 Å². The first-order valence-electron chi connectivity index (χ1n) is 48.9. The number of likely N-dealkylation sites (tertiary alicyclic amines) is 6. The molecular weight excluding hydrogens is 1860 g/mol. The quantitative estimate of drug-likeness (QED) is 0.0529. The zero-order valence-electron chi connectivity index (χ0n) is 89.4. The number of amides is 7.